The van der Waals surface area contributed by atoms with Gasteiger partial charge in [-0.1, -0.05) is 23.4 Å². The van der Waals surface area contributed by atoms with E-state index in [2.05, 4.69) is 27.0 Å². The van der Waals surface area contributed by atoms with Gasteiger partial charge in [0.15, 0.2) is 5.84 Å². The van der Waals surface area contributed by atoms with E-state index in [1.54, 1.807) is 14.2 Å². The Morgan fingerprint density at radius 2 is 1.62 bits per heavy atom. The molecule has 29 heavy (non-hydrogen) atoms. The molecule has 3 N–H and O–H groups in total. The predicted octanol–water partition coefficient (Wildman–Crippen LogP) is 4.51. The summed E-state index contributed by atoms with van der Waals surface area (Å²) < 4.78 is 13.1. The maximum atomic E-state index is 8.01. The second-order valence-corrected chi connectivity index (χ2v) is 6.62. The average molecular weight is 387 g/mol. The standard InChI is InChI=1S/C22H21N5O2/c1-28-16-9-14(10-17(12-16)29-2)13-27-20-6-4-3-5-18(20)19-11-15(7-8-21(19)27)22(23)25-26-24/h3-12H,13H2,1-2H3,(H3,23,24,25). The molecule has 4 rings (SSSR count). The van der Waals surface area contributed by atoms with Gasteiger partial charge >= 0.3 is 0 Å². The number of amidine groups is 1. The molecule has 0 amide bonds. The average Bonchev–Trinajstić information content (AvgIpc) is 3.06. The Kier molecular flexibility index (Phi) is 4.87. The topological polar surface area (TPSA) is 98.0 Å². The predicted molar refractivity (Wildman–Crippen MR) is 114 cm³/mol. The lowest BCUT2D eigenvalue weighted by molar-refractivity contribution is 0.393. The molecule has 7 heteroatoms. The summed E-state index contributed by atoms with van der Waals surface area (Å²) >= 11 is 0. The van der Waals surface area contributed by atoms with Crippen LogP contribution >= 0.6 is 0 Å². The molecule has 0 aliphatic rings. The molecule has 0 atom stereocenters. The van der Waals surface area contributed by atoms with Gasteiger partial charge in [-0.3, -0.25) is 5.41 Å². The second-order valence-electron chi connectivity index (χ2n) is 6.62. The molecule has 1 aromatic heterocycles. The Morgan fingerprint density at radius 3 is 2.31 bits per heavy atom. The van der Waals surface area contributed by atoms with Crippen molar-refractivity contribution in [3.8, 4) is 11.5 Å². The number of ether oxygens (including phenoxy) is 2. The number of para-hydroxylation sites is 1. The summed E-state index contributed by atoms with van der Waals surface area (Å²) in [5, 5.41) is 17.0. The number of hydrogen-bond acceptors (Lipinski definition) is 4. The second kappa shape index (κ2) is 7.63. The minimum atomic E-state index is 0.0313. The van der Waals surface area contributed by atoms with Crippen molar-refractivity contribution in [3.63, 3.8) is 0 Å². The molecule has 0 spiro atoms. The number of nitrogens with zero attached hydrogens (tertiary/aromatic N) is 3. The van der Waals surface area contributed by atoms with Gasteiger partial charge in [-0.2, -0.15) is 0 Å². The van der Waals surface area contributed by atoms with E-state index in [1.165, 1.54) is 0 Å². The molecule has 1 heterocycles. The molecule has 0 aliphatic carbocycles. The minimum absolute atomic E-state index is 0.0313. The number of methoxy groups -OCH3 is 2. The highest BCUT2D eigenvalue weighted by atomic mass is 16.5. The first kappa shape index (κ1) is 18.5. The molecule has 0 saturated carbocycles. The van der Waals surface area contributed by atoms with Crippen LogP contribution in [-0.2, 0) is 6.54 Å². The SMILES string of the molecule is COc1cc(Cn2c3ccccc3c3cc(C(=N)N=NN)ccc32)cc(OC)c1. The summed E-state index contributed by atoms with van der Waals surface area (Å²) in [5.74, 6) is 6.64. The summed E-state index contributed by atoms with van der Waals surface area (Å²) in [4.78, 5) is 0. The van der Waals surface area contributed by atoms with Crippen molar-refractivity contribution in [3.05, 3.63) is 71.8 Å². The largest absolute Gasteiger partial charge is 0.497 e. The van der Waals surface area contributed by atoms with Crippen LogP contribution in [0.15, 0.2) is 71.0 Å². The van der Waals surface area contributed by atoms with Gasteiger partial charge in [0.1, 0.15) is 11.5 Å². The monoisotopic (exact) mass is 387 g/mol. The van der Waals surface area contributed by atoms with Crippen LogP contribution in [0.5, 0.6) is 11.5 Å². The third-order valence-corrected chi connectivity index (χ3v) is 4.96. The molecule has 7 nitrogen and oxygen atoms in total. The van der Waals surface area contributed by atoms with Crippen LogP contribution in [0.25, 0.3) is 21.8 Å². The highest BCUT2D eigenvalue weighted by molar-refractivity contribution is 6.11. The first-order valence-corrected chi connectivity index (χ1v) is 9.07. The summed E-state index contributed by atoms with van der Waals surface area (Å²) in [6, 6.07) is 19.9. The molecule has 0 aliphatic heterocycles. The van der Waals surface area contributed by atoms with Crippen LogP contribution in [0.2, 0.25) is 0 Å². The van der Waals surface area contributed by atoms with Crippen molar-refractivity contribution in [2.75, 3.05) is 14.2 Å². The molecule has 146 valence electrons. The van der Waals surface area contributed by atoms with Crippen molar-refractivity contribution in [1.29, 1.82) is 5.41 Å². The normalized spacial score (nSPS) is 11.4. The summed E-state index contributed by atoms with van der Waals surface area (Å²) in [6.45, 7) is 0.650. The third-order valence-electron chi connectivity index (χ3n) is 4.96. The first-order chi connectivity index (χ1) is 14.1. The fourth-order valence-electron chi connectivity index (χ4n) is 3.63. The molecule has 0 unspecified atom stereocenters. The Labute approximate surface area is 167 Å². The smallest absolute Gasteiger partial charge is 0.176 e. The molecule has 0 fully saturated rings. The summed E-state index contributed by atoms with van der Waals surface area (Å²) in [7, 11) is 3.29. The third kappa shape index (κ3) is 3.38. The summed E-state index contributed by atoms with van der Waals surface area (Å²) in [6.07, 6.45) is 0. The molecular formula is C22H21N5O2. The van der Waals surface area contributed by atoms with Crippen LogP contribution in [0, 0.1) is 5.41 Å². The number of rotatable bonds is 5. The molecule has 0 radical (unpaired) electrons. The zero-order valence-electron chi connectivity index (χ0n) is 16.2. The van der Waals surface area contributed by atoms with E-state index in [0.29, 0.717) is 12.1 Å². The lowest BCUT2D eigenvalue weighted by atomic mass is 10.1. The summed E-state index contributed by atoms with van der Waals surface area (Å²) in [5.41, 5.74) is 3.90. The van der Waals surface area contributed by atoms with Crippen LogP contribution in [0.3, 0.4) is 0 Å². The van der Waals surface area contributed by atoms with Crippen molar-refractivity contribution in [2.24, 2.45) is 16.2 Å². The first-order valence-electron chi connectivity index (χ1n) is 9.07. The lowest BCUT2D eigenvalue weighted by Gasteiger charge is -2.11. The van der Waals surface area contributed by atoms with E-state index >= 15 is 0 Å². The van der Waals surface area contributed by atoms with E-state index < -0.39 is 0 Å². The van der Waals surface area contributed by atoms with Crippen molar-refractivity contribution < 1.29 is 9.47 Å². The van der Waals surface area contributed by atoms with Gasteiger partial charge in [0.05, 0.1) is 14.2 Å². The van der Waals surface area contributed by atoms with Crippen LogP contribution in [-0.4, -0.2) is 24.6 Å². The Bertz CT molecular complexity index is 1220. The highest BCUT2D eigenvalue weighted by Crippen LogP contribution is 2.32. The molecule has 0 saturated heterocycles. The maximum Gasteiger partial charge on any atom is 0.176 e. The number of aromatic nitrogens is 1. The fourth-order valence-corrected chi connectivity index (χ4v) is 3.63. The van der Waals surface area contributed by atoms with Gasteiger partial charge in [0.2, 0.25) is 0 Å². The quantitative estimate of drug-likeness (QED) is 0.173. The van der Waals surface area contributed by atoms with E-state index in [0.717, 1.165) is 38.9 Å². The van der Waals surface area contributed by atoms with Gasteiger partial charge in [-0.15, -0.1) is 5.11 Å². The van der Waals surface area contributed by atoms with Crippen molar-refractivity contribution in [2.45, 2.75) is 6.54 Å². The fraction of sp³-hybridized carbons (Fsp3) is 0.136. The molecule has 4 aromatic rings. The highest BCUT2D eigenvalue weighted by Gasteiger charge is 2.13. The molecular weight excluding hydrogens is 366 g/mol. The van der Waals surface area contributed by atoms with Crippen LogP contribution < -0.4 is 15.3 Å². The van der Waals surface area contributed by atoms with Gasteiger partial charge in [-0.05, 0) is 42.0 Å². The minimum Gasteiger partial charge on any atom is -0.497 e. The van der Waals surface area contributed by atoms with E-state index in [9.17, 15) is 0 Å². The zero-order chi connectivity index (χ0) is 20.4. The number of nitrogens with one attached hydrogen (secondary N) is 1. The number of nitrogens with two attached hydrogens (primary N) is 1. The zero-order valence-corrected chi connectivity index (χ0v) is 16.2. The van der Waals surface area contributed by atoms with Crippen LogP contribution in [0.1, 0.15) is 11.1 Å². The number of fused-ring (bicyclic) bond motifs is 3. The number of benzene rings is 3. The van der Waals surface area contributed by atoms with Gasteiger partial charge in [0, 0.05) is 40.0 Å². The van der Waals surface area contributed by atoms with E-state index in [4.69, 9.17) is 20.7 Å². The van der Waals surface area contributed by atoms with Gasteiger partial charge in [-0.25, -0.2) is 0 Å². The van der Waals surface area contributed by atoms with Gasteiger partial charge in [0.25, 0.3) is 0 Å². The van der Waals surface area contributed by atoms with Crippen molar-refractivity contribution in [1.82, 2.24) is 4.57 Å². The van der Waals surface area contributed by atoms with E-state index in [-0.39, 0.29) is 5.84 Å². The Morgan fingerprint density at radius 1 is 0.931 bits per heavy atom. The van der Waals surface area contributed by atoms with Gasteiger partial charge < -0.3 is 19.9 Å². The number of hydrogen-bond donors (Lipinski definition) is 2. The maximum absolute atomic E-state index is 8.01. The van der Waals surface area contributed by atoms with Crippen molar-refractivity contribution >= 4 is 27.6 Å². The Hall–Kier alpha value is -3.87. The lowest BCUT2D eigenvalue weighted by Crippen LogP contribution is -2.01. The van der Waals surface area contributed by atoms with E-state index in [1.807, 2.05) is 48.5 Å². The van der Waals surface area contributed by atoms with Crippen LogP contribution in [0.4, 0.5) is 0 Å². The Balaban J connectivity index is 1.89. The molecule has 3 aromatic carbocycles. The molecule has 0 bridgehead atoms.